The normalized spacial score (nSPS) is 17.6. The zero-order valence-electron chi connectivity index (χ0n) is 10.3. The molecule has 92 valence electrons. The van der Waals surface area contributed by atoms with E-state index in [1.54, 1.807) is 0 Å². The van der Waals surface area contributed by atoms with Gasteiger partial charge in [-0.15, -0.1) is 10.2 Å². The minimum absolute atomic E-state index is 0.831. The molecule has 0 amide bonds. The highest BCUT2D eigenvalue weighted by Gasteiger charge is 2.18. The number of fused-ring (bicyclic) bond motifs is 2. The maximum atomic E-state index is 4.37. The van der Waals surface area contributed by atoms with Crippen molar-refractivity contribution < 1.29 is 0 Å². The Morgan fingerprint density at radius 1 is 1.11 bits per heavy atom. The molecule has 2 aliphatic rings. The Kier molecular flexibility index (Phi) is 2.23. The third-order valence-corrected chi connectivity index (χ3v) is 3.98. The molecule has 0 unspecified atom stereocenters. The van der Waals surface area contributed by atoms with Crippen molar-refractivity contribution >= 4 is 0 Å². The van der Waals surface area contributed by atoms with Crippen LogP contribution in [0.1, 0.15) is 23.4 Å². The first kappa shape index (κ1) is 10.3. The van der Waals surface area contributed by atoms with Crippen LogP contribution in [-0.2, 0) is 25.9 Å². The highest BCUT2D eigenvalue weighted by Crippen LogP contribution is 2.27. The number of nitrogens with one attached hydrogen (secondary N) is 1. The van der Waals surface area contributed by atoms with Gasteiger partial charge in [-0.25, -0.2) is 0 Å². The third kappa shape index (κ3) is 1.49. The number of aryl methyl sites for hydroxylation is 2. The third-order valence-electron chi connectivity index (χ3n) is 3.98. The Labute approximate surface area is 106 Å². The molecule has 1 aliphatic carbocycles. The molecule has 0 saturated heterocycles. The number of hydrogen-bond donors (Lipinski definition) is 1. The molecule has 1 N–H and O–H groups in total. The van der Waals surface area contributed by atoms with Gasteiger partial charge < -0.3 is 9.88 Å². The second kappa shape index (κ2) is 3.92. The Morgan fingerprint density at radius 3 is 3.06 bits per heavy atom. The summed E-state index contributed by atoms with van der Waals surface area (Å²) in [7, 11) is 0. The van der Waals surface area contributed by atoms with Gasteiger partial charge in [0, 0.05) is 18.7 Å². The van der Waals surface area contributed by atoms with Gasteiger partial charge in [-0.1, -0.05) is 12.1 Å². The molecule has 0 fully saturated rings. The monoisotopic (exact) mass is 240 g/mol. The van der Waals surface area contributed by atoms with E-state index >= 15 is 0 Å². The van der Waals surface area contributed by atoms with E-state index in [9.17, 15) is 0 Å². The zero-order chi connectivity index (χ0) is 11.9. The summed E-state index contributed by atoms with van der Waals surface area (Å²) in [5.41, 5.74) is 4.23. The topological polar surface area (TPSA) is 42.7 Å². The average molecular weight is 240 g/mol. The lowest BCUT2D eigenvalue weighted by molar-refractivity contribution is 0.508. The van der Waals surface area contributed by atoms with Gasteiger partial charge in [-0.3, -0.25) is 0 Å². The first-order valence-electron chi connectivity index (χ1n) is 6.67. The van der Waals surface area contributed by atoms with Crippen LogP contribution in [0.2, 0.25) is 0 Å². The van der Waals surface area contributed by atoms with Crippen LogP contribution in [0, 0.1) is 0 Å². The maximum Gasteiger partial charge on any atom is 0.164 e. The molecule has 1 aromatic carbocycles. The van der Waals surface area contributed by atoms with Gasteiger partial charge in [-0.05, 0) is 36.5 Å². The first-order chi connectivity index (χ1) is 8.92. The quantitative estimate of drug-likeness (QED) is 0.822. The number of nitrogens with zero attached hydrogens (tertiary/aromatic N) is 3. The van der Waals surface area contributed by atoms with Crippen LogP contribution in [0.25, 0.3) is 11.4 Å². The molecule has 0 radical (unpaired) electrons. The van der Waals surface area contributed by atoms with E-state index in [-0.39, 0.29) is 0 Å². The predicted molar refractivity (Wildman–Crippen MR) is 69.2 cm³/mol. The van der Waals surface area contributed by atoms with E-state index in [1.165, 1.54) is 36.0 Å². The molecule has 2 aromatic rings. The average Bonchev–Trinajstić information content (AvgIpc) is 3.04. The summed E-state index contributed by atoms with van der Waals surface area (Å²) in [6, 6.07) is 6.77. The molecular formula is C14H16N4. The van der Waals surface area contributed by atoms with Crippen LogP contribution in [0.3, 0.4) is 0 Å². The fraction of sp³-hybridized carbons (Fsp3) is 0.429. The maximum absolute atomic E-state index is 4.37. The fourth-order valence-electron chi connectivity index (χ4n) is 3.02. The number of hydrogen-bond acceptors (Lipinski definition) is 3. The van der Waals surface area contributed by atoms with E-state index < -0.39 is 0 Å². The molecule has 1 aromatic heterocycles. The summed E-state index contributed by atoms with van der Waals surface area (Å²) in [6.45, 7) is 2.80. The lowest BCUT2D eigenvalue weighted by atomic mass is 10.1. The Hall–Kier alpha value is -1.68. The number of rotatable bonds is 1. The Balaban J connectivity index is 1.81. The van der Waals surface area contributed by atoms with Crippen LogP contribution >= 0.6 is 0 Å². The molecule has 0 bridgehead atoms. The van der Waals surface area contributed by atoms with Gasteiger partial charge in [0.1, 0.15) is 5.82 Å². The van der Waals surface area contributed by atoms with Crippen molar-refractivity contribution in [3.8, 4) is 11.4 Å². The van der Waals surface area contributed by atoms with Crippen molar-refractivity contribution in [1.82, 2.24) is 20.1 Å². The van der Waals surface area contributed by atoms with Gasteiger partial charge in [0.2, 0.25) is 0 Å². The van der Waals surface area contributed by atoms with E-state index in [2.05, 4.69) is 38.3 Å². The zero-order valence-corrected chi connectivity index (χ0v) is 10.3. The molecule has 4 heteroatoms. The summed E-state index contributed by atoms with van der Waals surface area (Å²) >= 11 is 0. The summed E-state index contributed by atoms with van der Waals surface area (Å²) in [5.74, 6) is 2.08. The van der Waals surface area contributed by atoms with Crippen molar-refractivity contribution in [2.24, 2.45) is 0 Å². The van der Waals surface area contributed by atoms with Crippen molar-refractivity contribution in [2.45, 2.75) is 32.4 Å². The van der Waals surface area contributed by atoms with E-state index in [0.717, 1.165) is 31.3 Å². The lowest BCUT2D eigenvalue weighted by Gasteiger charge is -2.16. The summed E-state index contributed by atoms with van der Waals surface area (Å²) in [5, 5.41) is 12.0. The van der Waals surface area contributed by atoms with Gasteiger partial charge in [0.25, 0.3) is 0 Å². The number of benzene rings is 1. The molecule has 0 spiro atoms. The first-order valence-corrected chi connectivity index (χ1v) is 6.67. The molecule has 18 heavy (non-hydrogen) atoms. The molecule has 4 nitrogen and oxygen atoms in total. The van der Waals surface area contributed by atoms with E-state index in [4.69, 9.17) is 0 Å². The lowest BCUT2D eigenvalue weighted by Crippen LogP contribution is -2.28. The fourth-order valence-corrected chi connectivity index (χ4v) is 3.02. The summed E-state index contributed by atoms with van der Waals surface area (Å²) < 4.78 is 2.24. The highest BCUT2D eigenvalue weighted by atomic mass is 15.3. The largest absolute Gasteiger partial charge is 0.309 e. The van der Waals surface area contributed by atoms with Gasteiger partial charge in [0.05, 0.1) is 6.54 Å². The Morgan fingerprint density at radius 2 is 2.06 bits per heavy atom. The van der Waals surface area contributed by atoms with Crippen molar-refractivity contribution in [3.05, 3.63) is 35.2 Å². The van der Waals surface area contributed by atoms with Crippen LogP contribution in [-0.4, -0.2) is 21.3 Å². The van der Waals surface area contributed by atoms with Gasteiger partial charge in [0.15, 0.2) is 5.82 Å². The second-order valence-corrected chi connectivity index (χ2v) is 5.11. The van der Waals surface area contributed by atoms with Crippen LogP contribution in [0.4, 0.5) is 0 Å². The molecule has 0 saturated carbocycles. The van der Waals surface area contributed by atoms with E-state index in [1.807, 2.05) is 0 Å². The number of aromatic nitrogens is 3. The smallest absolute Gasteiger partial charge is 0.164 e. The molecule has 0 atom stereocenters. The molecule has 4 rings (SSSR count). The molecule has 1 aliphatic heterocycles. The standard InChI is InChI=1S/C14H16N4/c1-2-10-4-5-12(8-11(10)3-1)14-17-16-13-9-15-6-7-18(13)14/h4-5,8,15H,1-3,6-7,9H2. The molecule has 2 heterocycles. The Bertz CT molecular complexity index is 600. The van der Waals surface area contributed by atoms with Gasteiger partial charge in [-0.2, -0.15) is 0 Å². The van der Waals surface area contributed by atoms with Crippen LogP contribution < -0.4 is 5.32 Å². The second-order valence-electron chi connectivity index (χ2n) is 5.11. The molecular weight excluding hydrogens is 224 g/mol. The predicted octanol–water partition coefficient (Wildman–Crippen LogP) is 1.54. The summed E-state index contributed by atoms with van der Waals surface area (Å²) in [6.07, 6.45) is 3.74. The summed E-state index contributed by atoms with van der Waals surface area (Å²) in [4.78, 5) is 0. The van der Waals surface area contributed by atoms with Gasteiger partial charge >= 0.3 is 0 Å². The highest BCUT2D eigenvalue weighted by molar-refractivity contribution is 5.58. The SMILES string of the molecule is c1cc2c(cc1-c1nnc3n1CCNC3)CCC2. The van der Waals surface area contributed by atoms with Crippen molar-refractivity contribution in [2.75, 3.05) is 6.54 Å². The minimum atomic E-state index is 0.831. The minimum Gasteiger partial charge on any atom is -0.309 e. The van der Waals surface area contributed by atoms with E-state index in [0.29, 0.717) is 0 Å². The van der Waals surface area contributed by atoms with Crippen molar-refractivity contribution in [3.63, 3.8) is 0 Å². The van der Waals surface area contributed by atoms with Crippen LogP contribution in [0.5, 0.6) is 0 Å². The van der Waals surface area contributed by atoms with Crippen LogP contribution in [0.15, 0.2) is 18.2 Å². The van der Waals surface area contributed by atoms with Crippen molar-refractivity contribution in [1.29, 1.82) is 0 Å².